The van der Waals surface area contributed by atoms with Gasteiger partial charge in [-0.05, 0) is 49.1 Å². The third-order valence-electron chi connectivity index (χ3n) is 4.28. The van der Waals surface area contributed by atoms with Crippen molar-refractivity contribution in [2.24, 2.45) is 5.92 Å². The molecule has 144 valence electrons. The SMILES string of the molecule is Cc1cccc(OCCNC(=O)[C@@H](NC(=O)c2ccccc2C)C(C)C)c1. The number of hydrogen-bond donors (Lipinski definition) is 2. The number of ether oxygens (including phenoxy) is 1. The Kier molecular flexibility index (Phi) is 7.41. The van der Waals surface area contributed by atoms with Crippen molar-refractivity contribution in [3.63, 3.8) is 0 Å². The molecule has 0 aromatic heterocycles. The molecule has 5 nitrogen and oxygen atoms in total. The molecular formula is C22H28N2O3. The Labute approximate surface area is 161 Å². The molecule has 5 heteroatoms. The van der Waals surface area contributed by atoms with Gasteiger partial charge in [0.25, 0.3) is 5.91 Å². The minimum absolute atomic E-state index is 0.0318. The highest BCUT2D eigenvalue weighted by molar-refractivity contribution is 5.98. The first-order valence-electron chi connectivity index (χ1n) is 9.22. The summed E-state index contributed by atoms with van der Waals surface area (Å²) in [5.41, 5.74) is 2.58. The second-order valence-electron chi connectivity index (χ2n) is 6.97. The summed E-state index contributed by atoms with van der Waals surface area (Å²) >= 11 is 0. The maximum atomic E-state index is 12.5. The second-order valence-corrected chi connectivity index (χ2v) is 6.97. The molecule has 0 saturated heterocycles. The van der Waals surface area contributed by atoms with E-state index in [1.165, 1.54) is 0 Å². The molecule has 2 rings (SSSR count). The predicted octanol–water partition coefficient (Wildman–Crippen LogP) is 3.25. The van der Waals surface area contributed by atoms with E-state index in [1.807, 2.05) is 70.2 Å². The highest BCUT2D eigenvalue weighted by Crippen LogP contribution is 2.12. The molecule has 27 heavy (non-hydrogen) atoms. The first-order chi connectivity index (χ1) is 12.9. The lowest BCUT2D eigenvalue weighted by Gasteiger charge is -2.22. The summed E-state index contributed by atoms with van der Waals surface area (Å²) in [7, 11) is 0. The minimum Gasteiger partial charge on any atom is -0.492 e. The lowest BCUT2D eigenvalue weighted by Crippen LogP contribution is -2.50. The largest absolute Gasteiger partial charge is 0.492 e. The molecule has 2 N–H and O–H groups in total. The van der Waals surface area contributed by atoms with Gasteiger partial charge in [-0.2, -0.15) is 0 Å². The zero-order valence-electron chi connectivity index (χ0n) is 16.4. The van der Waals surface area contributed by atoms with Gasteiger partial charge in [-0.25, -0.2) is 0 Å². The fraction of sp³-hybridized carbons (Fsp3) is 0.364. The zero-order chi connectivity index (χ0) is 19.8. The summed E-state index contributed by atoms with van der Waals surface area (Å²) in [6, 6.07) is 14.5. The third kappa shape index (κ3) is 6.13. The molecule has 0 unspecified atom stereocenters. The maximum Gasteiger partial charge on any atom is 0.252 e. The zero-order valence-corrected chi connectivity index (χ0v) is 16.4. The molecule has 2 aromatic carbocycles. The number of carbonyl (C=O) groups is 2. The van der Waals surface area contributed by atoms with Crippen LogP contribution in [0.25, 0.3) is 0 Å². The fourth-order valence-corrected chi connectivity index (χ4v) is 2.74. The summed E-state index contributed by atoms with van der Waals surface area (Å²) in [5, 5.41) is 5.69. The van der Waals surface area contributed by atoms with Gasteiger partial charge in [0.1, 0.15) is 18.4 Å². The number of amides is 2. The van der Waals surface area contributed by atoms with Crippen LogP contribution in [0.15, 0.2) is 48.5 Å². The average molecular weight is 368 g/mol. The van der Waals surface area contributed by atoms with Crippen molar-refractivity contribution in [2.45, 2.75) is 33.7 Å². The molecule has 0 heterocycles. The molecular weight excluding hydrogens is 340 g/mol. The summed E-state index contributed by atoms with van der Waals surface area (Å²) in [5.74, 6) is 0.297. The Balaban J connectivity index is 1.87. The van der Waals surface area contributed by atoms with E-state index in [4.69, 9.17) is 4.74 Å². The fourth-order valence-electron chi connectivity index (χ4n) is 2.74. The van der Waals surface area contributed by atoms with Gasteiger partial charge in [-0.3, -0.25) is 9.59 Å². The normalized spacial score (nSPS) is 11.7. The van der Waals surface area contributed by atoms with E-state index < -0.39 is 6.04 Å². The lowest BCUT2D eigenvalue weighted by molar-refractivity contribution is -0.124. The summed E-state index contributed by atoms with van der Waals surface area (Å²) < 4.78 is 5.64. The van der Waals surface area contributed by atoms with Crippen LogP contribution in [0.3, 0.4) is 0 Å². The van der Waals surface area contributed by atoms with E-state index in [2.05, 4.69) is 10.6 Å². The van der Waals surface area contributed by atoms with Crippen molar-refractivity contribution in [3.8, 4) is 5.75 Å². The van der Waals surface area contributed by atoms with Crippen molar-refractivity contribution < 1.29 is 14.3 Å². The number of carbonyl (C=O) groups excluding carboxylic acids is 2. The number of benzene rings is 2. The van der Waals surface area contributed by atoms with Gasteiger partial charge in [0.05, 0.1) is 6.54 Å². The van der Waals surface area contributed by atoms with E-state index in [-0.39, 0.29) is 17.7 Å². The topological polar surface area (TPSA) is 67.4 Å². The van der Waals surface area contributed by atoms with Gasteiger partial charge in [0, 0.05) is 5.56 Å². The molecule has 0 fully saturated rings. The van der Waals surface area contributed by atoms with Crippen LogP contribution >= 0.6 is 0 Å². The quantitative estimate of drug-likeness (QED) is 0.703. The molecule has 0 aliphatic rings. The average Bonchev–Trinajstić information content (AvgIpc) is 2.63. The van der Waals surface area contributed by atoms with E-state index >= 15 is 0 Å². The Hall–Kier alpha value is -2.82. The first-order valence-corrected chi connectivity index (χ1v) is 9.22. The molecule has 0 aliphatic heterocycles. The summed E-state index contributed by atoms with van der Waals surface area (Å²) in [6.45, 7) is 8.43. The van der Waals surface area contributed by atoms with E-state index in [0.717, 1.165) is 16.9 Å². The van der Waals surface area contributed by atoms with Crippen LogP contribution in [0.1, 0.15) is 35.3 Å². The summed E-state index contributed by atoms with van der Waals surface area (Å²) in [6.07, 6.45) is 0. The first kappa shape index (κ1) is 20.5. The Morgan fingerprint density at radius 2 is 1.78 bits per heavy atom. The Morgan fingerprint density at radius 1 is 1.04 bits per heavy atom. The van der Waals surface area contributed by atoms with Crippen LogP contribution in [-0.4, -0.2) is 31.0 Å². The molecule has 2 amide bonds. The highest BCUT2D eigenvalue weighted by atomic mass is 16.5. The standard InChI is InChI=1S/C22H28N2O3/c1-15(2)20(24-21(25)19-11-6-5-9-17(19)4)22(26)23-12-13-27-18-10-7-8-16(3)14-18/h5-11,14-15,20H,12-13H2,1-4H3,(H,23,26)(H,24,25)/t20-/m0/s1. The van der Waals surface area contributed by atoms with Crippen LogP contribution in [0.4, 0.5) is 0 Å². The van der Waals surface area contributed by atoms with Crippen LogP contribution in [-0.2, 0) is 4.79 Å². The van der Waals surface area contributed by atoms with Crippen molar-refractivity contribution in [1.29, 1.82) is 0 Å². The highest BCUT2D eigenvalue weighted by Gasteiger charge is 2.24. The van der Waals surface area contributed by atoms with E-state index in [9.17, 15) is 9.59 Å². The lowest BCUT2D eigenvalue weighted by atomic mass is 10.0. The number of aryl methyl sites for hydroxylation is 2. The van der Waals surface area contributed by atoms with Crippen LogP contribution < -0.4 is 15.4 Å². The van der Waals surface area contributed by atoms with Crippen LogP contribution in [0.2, 0.25) is 0 Å². The molecule has 0 spiro atoms. The number of nitrogens with one attached hydrogen (secondary N) is 2. The van der Waals surface area contributed by atoms with Gasteiger partial charge < -0.3 is 15.4 Å². The van der Waals surface area contributed by atoms with Gasteiger partial charge >= 0.3 is 0 Å². The van der Waals surface area contributed by atoms with Crippen molar-refractivity contribution in [1.82, 2.24) is 10.6 Å². The maximum absolute atomic E-state index is 12.5. The predicted molar refractivity (Wildman–Crippen MR) is 107 cm³/mol. The van der Waals surface area contributed by atoms with E-state index in [1.54, 1.807) is 6.07 Å². The Bertz CT molecular complexity index is 787. The van der Waals surface area contributed by atoms with Crippen molar-refractivity contribution in [3.05, 3.63) is 65.2 Å². The molecule has 0 bridgehead atoms. The van der Waals surface area contributed by atoms with Gasteiger partial charge in [-0.1, -0.05) is 44.2 Å². The molecule has 0 saturated carbocycles. The smallest absolute Gasteiger partial charge is 0.252 e. The molecule has 1 atom stereocenters. The minimum atomic E-state index is -0.601. The van der Waals surface area contributed by atoms with Gasteiger partial charge in [0.2, 0.25) is 5.91 Å². The number of hydrogen-bond acceptors (Lipinski definition) is 3. The van der Waals surface area contributed by atoms with E-state index in [0.29, 0.717) is 18.7 Å². The monoisotopic (exact) mass is 368 g/mol. The molecule has 0 aliphatic carbocycles. The van der Waals surface area contributed by atoms with Crippen LogP contribution in [0, 0.1) is 19.8 Å². The molecule has 2 aromatic rings. The molecule has 0 radical (unpaired) electrons. The van der Waals surface area contributed by atoms with Gasteiger partial charge in [0.15, 0.2) is 0 Å². The number of rotatable bonds is 8. The van der Waals surface area contributed by atoms with Crippen molar-refractivity contribution in [2.75, 3.05) is 13.2 Å². The van der Waals surface area contributed by atoms with Gasteiger partial charge in [-0.15, -0.1) is 0 Å². The Morgan fingerprint density at radius 3 is 2.44 bits per heavy atom. The van der Waals surface area contributed by atoms with Crippen molar-refractivity contribution >= 4 is 11.8 Å². The summed E-state index contributed by atoms with van der Waals surface area (Å²) in [4.78, 5) is 25.0. The second kappa shape index (κ2) is 9.76. The third-order valence-corrected chi connectivity index (χ3v) is 4.28. The van der Waals surface area contributed by atoms with Crippen LogP contribution in [0.5, 0.6) is 5.75 Å².